The number of carbonyl (C=O) groups is 2. The predicted octanol–water partition coefficient (Wildman–Crippen LogP) is 4.42. The molecule has 0 fully saturated rings. The number of hydrogen-bond acceptors (Lipinski definition) is 4. The van der Waals surface area contributed by atoms with Gasteiger partial charge in [0.1, 0.15) is 10.6 Å². The van der Waals surface area contributed by atoms with Crippen molar-refractivity contribution >= 4 is 44.8 Å². The maximum Gasteiger partial charge on any atom is 0.281 e. The van der Waals surface area contributed by atoms with Crippen molar-refractivity contribution in [2.24, 2.45) is 0 Å². The van der Waals surface area contributed by atoms with Gasteiger partial charge in [-0.3, -0.25) is 20.4 Å². The quantitative estimate of drug-likeness (QED) is 0.650. The molecule has 0 unspecified atom stereocenters. The van der Waals surface area contributed by atoms with Crippen molar-refractivity contribution in [2.45, 2.75) is 20.0 Å². The van der Waals surface area contributed by atoms with Crippen LogP contribution in [-0.2, 0) is 0 Å². The Balaban J connectivity index is 1.73. The first-order valence-electron chi connectivity index (χ1n) is 8.00. The fourth-order valence-electron chi connectivity index (χ4n) is 2.41. The first kappa shape index (κ1) is 18.2. The lowest BCUT2D eigenvalue weighted by atomic mass is 10.2. The van der Waals surface area contributed by atoms with Crippen molar-refractivity contribution in [3.05, 3.63) is 64.0 Å². The van der Waals surface area contributed by atoms with Gasteiger partial charge in [0.25, 0.3) is 11.8 Å². The molecule has 3 aromatic rings. The molecule has 0 bridgehead atoms. The van der Waals surface area contributed by atoms with E-state index < -0.39 is 11.8 Å². The predicted molar refractivity (Wildman–Crippen MR) is 104 cm³/mol. The number of fused-ring (bicyclic) bond motifs is 1. The number of rotatable bonds is 4. The van der Waals surface area contributed by atoms with Gasteiger partial charge in [0.15, 0.2) is 0 Å². The zero-order chi connectivity index (χ0) is 18.7. The number of halogens is 1. The highest BCUT2D eigenvalue weighted by molar-refractivity contribution is 7.21. The Bertz CT molecular complexity index is 968. The minimum atomic E-state index is -0.466. The molecule has 2 amide bonds. The van der Waals surface area contributed by atoms with Crippen molar-refractivity contribution in [3.8, 4) is 5.75 Å². The number of hydrogen-bond donors (Lipinski definition) is 2. The van der Waals surface area contributed by atoms with Gasteiger partial charge in [-0.25, -0.2) is 0 Å². The van der Waals surface area contributed by atoms with E-state index in [-0.39, 0.29) is 6.10 Å². The van der Waals surface area contributed by atoms with E-state index in [0.717, 1.165) is 10.1 Å². The molecule has 2 aromatic carbocycles. The monoisotopic (exact) mass is 388 g/mol. The topological polar surface area (TPSA) is 67.4 Å². The molecule has 0 spiro atoms. The summed E-state index contributed by atoms with van der Waals surface area (Å²) in [6.07, 6.45) is -0.0732. The average molecular weight is 389 g/mol. The van der Waals surface area contributed by atoms with Gasteiger partial charge >= 0.3 is 0 Å². The van der Waals surface area contributed by atoms with Gasteiger partial charge in [-0.2, -0.15) is 0 Å². The molecule has 5 nitrogen and oxygen atoms in total. The third-order valence-electron chi connectivity index (χ3n) is 3.53. The van der Waals surface area contributed by atoms with Gasteiger partial charge in [-0.15, -0.1) is 11.3 Å². The number of nitrogens with one attached hydrogen (secondary N) is 2. The average Bonchev–Trinajstić information content (AvgIpc) is 2.96. The Morgan fingerprint density at radius 3 is 2.38 bits per heavy atom. The van der Waals surface area contributed by atoms with Gasteiger partial charge in [0, 0.05) is 10.1 Å². The summed E-state index contributed by atoms with van der Waals surface area (Å²) in [6, 6.07) is 14.3. The number of ether oxygens (including phenoxy) is 1. The number of para-hydroxylation sites is 1. The molecule has 0 aliphatic rings. The van der Waals surface area contributed by atoms with E-state index in [1.54, 1.807) is 24.3 Å². The summed E-state index contributed by atoms with van der Waals surface area (Å²) in [5.41, 5.74) is 5.16. The molecule has 134 valence electrons. The lowest BCUT2D eigenvalue weighted by Gasteiger charge is -2.14. The van der Waals surface area contributed by atoms with E-state index in [9.17, 15) is 9.59 Å². The largest absolute Gasteiger partial charge is 0.490 e. The lowest BCUT2D eigenvalue weighted by Crippen LogP contribution is -2.41. The normalized spacial score (nSPS) is 10.8. The van der Waals surface area contributed by atoms with E-state index in [4.69, 9.17) is 16.3 Å². The molecule has 0 radical (unpaired) electrons. The Morgan fingerprint density at radius 2 is 1.65 bits per heavy atom. The van der Waals surface area contributed by atoms with E-state index in [0.29, 0.717) is 21.2 Å². The van der Waals surface area contributed by atoms with Crippen LogP contribution >= 0.6 is 22.9 Å². The molecule has 1 aromatic heterocycles. The summed E-state index contributed by atoms with van der Waals surface area (Å²) in [5.74, 6) is -0.479. The highest BCUT2D eigenvalue weighted by atomic mass is 35.5. The molecular formula is C19H17ClN2O3S. The van der Waals surface area contributed by atoms with Gasteiger partial charge in [-0.1, -0.05) is 41.9 Å². The van der Waals surface area contributed by atoms with Gasteiger partial charge in [0.05, 0.1) is 16.7 Å². The molecule has 0 aliphatic heterocycles. The van der Waals surface area contributed by atoms with E-state index in [1.807, 2.05) is 38.1 Å². The van der Waals surface area contributed by atoms with Crippen molar-refractivity contribution < 1.29 is 14.3 Å². The molecule has 2 N–H and O–H groups in total. The van der Waals surface area contributed by atoms with Crippen LogP contribution in [-0.4, -0.2) is 17.9 Å². The second-order valence-corrected chi connectivity index (χ2v) is 7.24. The van der Waals surface area contributed by atoms with Crippen LogP contribution in [0.25, 0.3) is 10.1 Å². The van der Waals surface area contributed by atoms with Crippen molar-refractivity contribution in [1.82, 2.24) is 10.9 Å². The fourth-order valence-corrected chi connectivity index (χ4v) is 3.82. The second kappa shape index (κ2) is 7.76. The van der Waals surface area contributed by atoms with Crippen LogP contribution < -0.4 is 15.6 Å². The number of thiophene rings is 1. The van der Waals surface area contributed by atoms with E-state index in [2.05, 4.69) is 10.9 Å². The van der Waals surface area contributed by atoms with Crippen LogP contribution in [0.1, 0.15) is 33.9 Å². The van der Waals surface area contributed by atoms with Crippen LogP contribution in [0.2, 0.25) is 5.02 Å². The molecule has 26 heavy (non-hydrogen) atoms. The summed E-state index contributed by atoms with van der Waals surface area (Å²) in [6.45, 7) is 3.75. The smallest absolute Gasteiger partial charge is 0.281 e. The maximum atomic E-state index is 12.4. The Morgan fingerprint density at radius 1 is 1.00 bits per heavy atom. The lowest BCUT2D eigenvalue weighted by molar-refractivity contribution is 0.0845. The molecule has 7 heteroatoms. The highest BCUT2D eigenvalue weighted by Crippen LogP contribution is 2.34. The van der Waals surface area contributed by atoms with Crippen LogP contribution in [0.15, 0.2) is 48.5 Å². The highest BCUT2D eigenvalue weighted by Gasteiger charge is 2.19. The minimum Gasteiger partial charge on any atom is -0.490 e. The van der Waals surface area contributed by atoms with Gasteiger partial charge in [0.2, 0.25) is 0 Å². The first-order chi connectivity index (χ1) is 12.5. The van der Waals surface area contributed by atoms with Crippen LogP contribution in [0, 0.1) is 0 Å². The Labute approximate surface area is 159 Å². The number of amides is 2. The summed E-state index contributed by atoms with van der Waals surface area (Å²) >= 11 is 7.55. The van der Waals surface area contributed by atoms with Crippen molar-refractivity contribution in [2.75, 3.05) is 0 Å². The maximum absolute atomic E-state index is 12.4. The molecule has 3 rings (SSSR count). The van der Waals surface area contributed by atoms with Crippen LogP contribution in [0.4, 0.5) is 0 Å². The van der Waals surface area contributed by atoms with Gasteiger partial charge in [-0.05, 0) is 32.0 Å². The third kappa shape index (κ3) is 3.81. The van der Waals surface area contributed by atoms with E-state index >= 15 is 0 Å². The third-order valence-corrected chi connectivity index (χ3v) is 5.20. The summed E-state index contributed by atoms with van der Waals surface area (Å²) in [7, 11) is 0. The molecule has 0 atom stereocenters. The number of benzene rings is 2. The SMILES string of the molecule is CC(C)Oc1ccccc1C(=O)NNC(=O)c1sc2ccccc2c1Cl. The van der Waals surface area contributed by atoms with Gasteiger partial charge < -0.3 is 4.74 Å². The van der Waals surface area contributed by atoms with Crippen LogP contribution in [0.5, 0.6) is 5.75 Å². The molecule has 0 aliphatic carbocycles. The molecule has 0 saturated carbocycles. The Kier molecular flexibility index (Phi) is 5.44. The van der Waals surface area contributed by atoms with Crippen molar-refractivity contribution in [3.63, 3.8) is 0 Å². The molecule has 0 saturated heterocycles. The molecular weight excluding hydrogens is 372 g/mol. The van der Waals surface area contributed by atoms with Crippen LogP contribution in [0.3, 0.4) is 0 Å². The second-order valence-electron chi connectivity index (χ2n) is 5.81. The number of carbonyl (C=O) groups excluding carboxylic acids is 2. The van der Waals surface area contributed by atoms with E-state index in [1.165, 1.54) is 11.3 Å². The first-order valence-corrected chi connectivity index (χ1v) is 9.20. The summed E-state index contributed by atoms with van der Waals surface area (Å²) < 4.78 is 6.53. The fraction of sp³-hybridized carbons (Fsp3) is 0.158. The zero-order valence-electron chi connectivity index (χ0n) is 14.2. The number of hydrazine groups is 1. The van der Waals surface area contributed by atoms with Crippen molar-refractivity contribution in [1.29, 1.82) is 0 Å². The minimum absolute atomic E-state index is 0.0732. The zero-order valence-corrected chi connectivity index (χ0v) is 15.8. The Hall–Kier alpha value is -2.57. The standard InChI is InChI=1S/C19H17ClN2O3S/c1-11(2)25-14-9-5-3-7-12(14)18(23)21-22-19(24)17-16(20)13-8-4-6-10-15(13)26-17/h3-11H,1-2H3,(H,21,23)(H,22,24). The summed E-state index contributed by atoms with van der Waals surface area (Å²) in [4.78, 5) is 25.2. The summed E-state index contributed by atoms with van der Waals surface area (Å²) in [5, 5.41) is 1.19. The molecule has 1 heterocycles.